The van der Waals surface area contributed by atoms with E-state index in [-0.39, 0.29) is 17.9 Å². The molecule has 0 saturated heterocycles. The van der Waals surface area contributed by atoms with Crippen LogP contribution in [0.3, 0.4) is 0 Å². The molecule has 1 aromatic carbocycles. The predicted octanol–water partition coefficient (Wildman–Crippen LogP) is 3.95. The van der Waals surface area contributed by atoms with Gasteiger partial charge in [-0.3, -0.25) is 0 Å². The maximum absolute atomic E-state index is 12.6. The standard InChI is InChI=1S/C15H18F3NO3/c1-14(2,3)22-13(21)19-8-4-5-10-9-11(15(16,17)18)6-7-12(10)20/h4-7,9,20H,8H2,1-3H3,(H,19,21). The molecule has 0 atom stereocenters. The van der Waals surface area contributed by atoms with Gasteiger partial charge in [-0.2, -0.15) is 13.2 Å². The fraction of sp³-hybridized carbons (Fsp3) is 0.400. The number of halogens is 3. The molecule has 0 radical (unpaired) electrons. The Morgan fingerprint density at radius 1 is 1.32 bits per heavy atom. The summed E-state index contributed by atoms with van der Waals surface area (Å²) in [6.07, 6.45) is -2.41. The number of rotatable bonds is 3. The van der Waals surface area contributed by atoms with E-state index < -0.39 is 23.4 Å². The molecular weight excluding hydrogens is 299 g/mol. The molecule has 0 aromatic heterocycles. The van der Waals surface area contributed by atoms with E-state index in [1.54, 1.807) is 20.8 Å². The molecule has 0 saturated carbocycles. The van der Waals surface area contributed by atoms with Crippen LogP contribution < -0.4 is 5.32 Å². The zero-order valence-electron chi connectivity index (χ0n) is 12.5. The van der Waals surface area contributed by atoms with Crippen molar-refractivity contribution in [2.45, 2.75) is 32.5 Å². The van der Waals surface area contributed by atoms with Crippen LogP contribution in [0.1, 0.15) is 31.9 Å². The Hall–Kier alpha value is -2.18. The molecule has 7 heteroatoms. The highest BCUT2D eigenvalue weighted by atomic mass is 19.4. The van der Waals surface area contributed by atoms with Gasteiger partial charge >= 0.3 is 12.3 Å². The fourth-order valence-electron chi connectivity index (χ4n) is 1.51. The van der Waals surface area contributed by atoms with Crippen molar-refractivity contribution in [1.29, 1.82) is 0 Å². The van der Waals surface area contributed by atoms with Gasteiger partial charge in [0.15, 0.2) is 0 Å². The number of phenolic OH excluding ortho intramolecular Hbond substituents is 1. The number of alkyl carbamates (subject to hydrolysis) is 1. The van der Waals surface area contributed by atoms with Crippen molar-refractivity contribution in [3.8, 4) is 5.75 Å². The second-order valence-electron chi connectivity index (χ2n) is 5.56. The Bertz CT molecular complexity index is 560. The lowest BCUT2D eigenvalue weighted by Crippen LogP contribution is -2.32. The van der Waals surface area contributed by atoms with Crippen LogP contribution in [0.2, 0.25) is 0 Å². The van der Waals surface area contributed by atoms with Gasteiger partial charge in [0, 0.05) is 12.1 Å². The number of aromatic hydroxyl groups is 1. The van der Waals surface area contributed by atoms with Gasteiger partial charge in [-0.25, -0.2) is 4.79 Å². The van der Waals surface area contributed by atoms with E-state index in [0.717, 1.165) is 18.2 Å². The number of carbonyl (C=O) groups excluding carboxylic acids is 1. The maximum atomic E-state index is 12.6. The number of phenols is 1. The molecule has 1 amide bonds. The van der Waals surface area contributed by atoms with E-state index >= 15 is 0 Å². The van der Waals surface area contributed by atoms with Crippen molar-refractivity contribution >= 4 is 12.2 Å². The summed E-state index contributed by atoms with van der Waals surface area (Å²) in [6.45, 7) is 5.19. The summed E-state index contributed by atoms with van der Waals surface area (Å²) < 4.78 is 42.7. The molecule has 1 rings (SSSR count). The first-order valence-corrected chi connectivity index (χ1v) is 6.52. The molecule has 4 nitrogen and oxygen atoms in total. The molecule has 0 aliphatic heterocycles. The van der Waals surface area contributed by atoms with Crippen molar-refractivity contribution in [3.05, 3.63) is 35.4 Å². The van der Waals surface area contributed by atoms with Gasteiger partial charge in [-0.05, 0) is 39.0 Å². The van der Waals surface area contributed by atoms with Gasteiger partial charge in [0.1, 0.15) is 11.4 Å². The number of carbonyl (C=O) groups is 1. The van der Waals surface area contributed by atoms with Gasteiger partial charge < -0.3 is 15.2 Å². The van der Waals surface area contributed by atoms with Crippen LogP contribution in [0.15, 0.2) is 24.3 Å². The first-order chi connectivity index (χ1) is 9.99. The number of hydrogen-bond donors (Lipinski definition) is 2. The van der Waals surface area contributed by atoms with E-state index in [0.29, 0.717) is 0 Å². The third-order valence-corrected chi connectivity index (χ3v) is 2.42. The highest BCUT2D eigenvalue weighted by Crippen LogP contribution is 2.32. The zero-order chi connectivity index (χ0) is 17.0. The molecule has 0 aliphatic carbocycles. The lowest BCUT2D eigenvalue weighted by molar-refractivity contribution is -0.137. The monoisotopic (exact) mass is 317 g/mol. The molecule has 122 valence electrons. The minimum Gasteiger partial charge on any atom is -0.507 e. The average Bonchev–Trinajstić information content (AvgIpc) is 2.33. The van der Waals surface area contributed by atoms with Crippen molar-refractivity contribution in [3.63, 3.8) is 0 Å². The van der Waals surface area contributed by atoms with E-state index in [1.807, 2.05) is 0 Å². The van der Waals surface area contributed by atoms with Crippen molar-refractivity contribution < 1.29 is 27.8 Å². The van der Waals surface area contributed by atoms with E-state index in [4.69, 9.17) is 4.74 Å². The van der Waals surface area contributed by atoms with Crippen LogP contribution >= 0.6 is 0 Å². The van der Waals surface area contributed by atoms with Crippen LogP contribution in [0.4, 0.5) is 18.0 Å². The van der Waals surface area contributed by atoms with Gasteiger partial charge in [0.25, 0.3) is 0 Å². The number of benzene rings is 1. The average molecular weight is 317 g/mol. The summed E-state index contributed by atoms with van der Waals surface area (Å²) >= 11 is 0. The number of nitrogens with one attached hydrogen (secondary N) is 1. The summed E-state index contributed by atoms with van der Waals surface area (Å²) in [4.78, 5) is 11.4. The van der Waals surface area contributed by atoms with Crippen LogP contribution in [0, 0.1) is 0 Å². The SMILES string of the molecule is CC(C)(C)OC(=O)NCC=Cc1cc(C(F)(F)F)ccc1O. The van der Waals surface area contributed by atoms with E-state index in [9.17, 15) is 23.1 Å². The molecule has 0 fully saturated rings. The van der Waals surface area contributed by atoms with Crippen LogP contribution in [-0.2, 0) is 10.9 Å². The quantitative estimate of drug-likeness (QED) is 0.887. The number of amides is 1. The lowest BCUT2D eigenvalue weighted by Gasteiger charge is -2.19. The minimum atomic E-state index is -4.48. The van der Waals surface area contributed by atoms with Gasteiger partial charge in [0.2, 0.25) is 0 Å². The minimum absolute atomic E-state index is 0.0146. The first-order valence-electron chi connectivity index (χ1n) is 6.52. The molecule has 22 heavy (non-hydrogen) atoms. The maximum Gasteiger partial charge on any atom is 0.416 e. The molecule has 0 spiro atoms. The smallest absolute Gasteiger partial charge is 0.416 e. The highest BCUT2D eigenvalue weighted by molar-refractivity contribution is 5.68. The van der Waals surface area contributed by atoms with Crippen LogP contribution in [0.5, 0.6) is 5.75 Å². The largest absolute Gasteiger partial charge is 0.507 e. The molecule has 0 aliphatic rings. The summed E-state index contributed by atoms with van der Waals surface area (Å²) in [7, 11) is 0. The number of hydrogen-bond acceptors (Lipinski definition) is 3. The summed E-state index contributed by atoms with van der Waals surface area (Å²) in [5, 5.41) is 12.0. The van der Waals surface area contributed by atoms with Crippen LogP contribution in [0.25, 0.3) is 6.08 Å². The van der Waals surface area contributed by atoms with E-state index in [2.05, 4.69) is 5.32 Å². The molecule has 2 N–H and O–H groups in total. The first kappa shape index (κ1) is 17.9. The molecule has 1 aromatic rings. The van der Waals surface area contributed by atoms with Crippen molar-refractivity contribution in [2.75, 3.05) is 6.54 Å². The molecule has 0 bridgehead atoms. The van der Waals surface area contributed by atoms with Crippen molar-refractivity contribution in [1.82, 2.24) is 5.32 Å². The molecule has 0 heterocycles. The summed E-state index contributed by atoms with van der Waals surface area (Å²) in [5.74, 6) is -0.276. The summed E-state index contributed by atoms with van der Waals surface area (Å²) in [6, 6.07) is 2.61. The number of alkyl halides is 3. The Kier molecular flexibility index (Phi) is 5.46. The third kappa shape index (κ3) is 6.07. The highest BCUT2D eigenvalue weighted by Gasteiger charge is 2.30. The van der Waals surface area contributed by atoms with Gasteiger partial charge in [-0.1, -0.05) is 12.2 Å². The third-order valence-electron chi connectivity index (χ3n) is 2.42. The Morgan fingerprint density at radius 3 is 2.50 bits per heavy atom. The number of ether oxygens (including phenoxy) is 1. The normalized spacial score (nSPS) is 12.5. The molecular formula is C15H18F3NO3. The van der Waals surface area contributed by atoms with Crippen molar-refractivity contribution in [2.24, 2.45) is 0 Å². The Balaban J connectivity index is 2.65. The van der Waals surface area contributed by atoms with Gasteiger partial charge in [0.05, 0.1) is 5.56 Å². The van der Waals surface area contributed by atoms with Crippen LogP contribution in [-0.4, -0.2) is 23.3 Å². The predicted molar refractivity (Wildman–Crippen MR) is 76.4 cm³/mol. The second-order valence-corrected chi connectivity index (χ2v) is 5.56. The van der Waals surface area contributed by atoms with E-state index in [1.165, 1.54) is 12.2 Å². The van der Waals surface area contributed by atoms with Gasteiger partial charge in [-0.15, -0.1) is 0 Å². The molecule has 0 unspecified atom stereocenters. The Labute approximate surface area is 126 Å². The topological polar surface area (TPSA) is 58.6 Å². The lowest BCUT2D eigenvalue weighted by atomic mass is 10.1. The zero-order valence-corrected chi connectivity index (χ0v) is 12.5. The second kappa shape index (κ2) is 6.72. The summed E-state index contributed by atoms with van der Waals surface area (Å²) in [5.41, 5.74) is -1.47. The Morgan fingerprint density at radius 2 is 1.95 bits per heavy atom. The fourth-order valence-corrected chi connectivity index (χ4v) is 1.51.